The van der Waals surface area contributed by atoms with E-state index in [2.05, 4.69) is 37.2 Å². The van der Waals surface area contributed by atoms with Gasteiger partial charge in [0.15, 0.2) is 0 Å². The maximum atomic E-state index is 10.8. The first-order chi connectivity index (χ1) is 13.2. The molecule has 7 nitrogen and oxygen atoms in total. The van der Waals surface area contributed by atoms with Gasteiger partial charge in [0.25, 0.3) is 0 Å². The molecule has 2 heterocycles. The third kappa shape index (κ3) is 6.21. The fourth-order valence-corrected chi connectivity index (χ4v) is 3.04. The highest BCUT2D eigenvalue weighted by Crippen LogP contribution is 2.16. The van der Waals surface area contributed by atoms with Gasteiger partial charge in [0.05, 0.1) is 6.61 Å². The number of anilines is 1. The minimum Gasteiger partial charge on any atom is -0.494 e. The Balaban J connectivity index is 1.38. The lowest BCUT2D eigenvalue weighted by Crippen LogP contribution is -2.46. The Kier molecular flexibility index (Phi) is 6.98. The molecule has 1 fully saturated rings. The average molecular weight is 369 g/mol. The topological polar surface area (TPSA) is 70.6 Å². The van der Waals surface area contributed by atoms with E-state index in [9.17, 15) is 4.79 Å². The quantitative estimate of drug-likeness (QED) is 0.715. The van der Waals surface area contributed by atoms with Crippen LogP contribution in [0.3, 0.4) is 0 Å². The molecule has 144 valence electrons. The Bertz CT molecular complexity index is 700. The zero-order valence-corrected chi connectivity index (χ0v) is 15.8. The summed E-state index contributed by atoms with van der Waals surface area (Å²) in [4.78, 5) is 24.1. The summed E-state index contributed by atoms with van der Waals surface area (Å²) in [5, 5.41) is 2.76. The first-order valence-electron chi connectivity index (χ1n) is 9.41. The van der Waals surface area contributed by atoms with Crippen molar-refractivity contribution in [1.29, 1.82) is 0 Å². The van der Waals surface area contributed by atoms with Gasteiger partial charge in [-0.25, -0.2) is 9.97 Å². The van der Waals surface area contributed by atoms with Gasteiger partial charge in [-0.3, -0.25) is 9.69 Å². The van der Waals surface area contributed by atoms with E-state index in [1.807, 2.05) is 18.2 Å². The SMILES string of the molecule is CC(=O)NCCCOc1ccc(CN2CCN(c3ncccn3)CC2)cc1. The molecular formula is C20H27N5O2. The van der Waals surface area contributed by atoms with Crippen LogP contribution in [0.5, 0.6) is 5.75 Å². The van der Waals surface area contributed by atoms with Crippen molar-refractivity contribution in [3.8, 4) is 5.75 Å². The monoisotopic (exact) mass is 369 g/mol. The van der Waals surface area contributed by atoms with Gasteiger partial charge >= 0.3 is 0 Å². The molecule has 1 N–H and O–H groups in total. The van der Waals surface area contributed by atoms with E-state index in [0.29, 0.717) is 13.2 Å². The van der Waals surface area contributed by atoms with Crippen LogP contribution in [0.15, 0.2) is 42.7 Å². The number of rotatable bonds is 8. The molecular weight excluding hydrogens is 342 g/mol. The fourth-order valence-electron chi connectivity index (χ4n) is 3.04. The van der Waals surface area contributed by atoms with Crippen LogP contribution < -0.4 is 15.0 Å². The lowest BCUT2D eigenvalue weighted by atomic mass is 10.2. The largest absolute Gasteiger partial charge is 0.494 e. The summed E-state index contributed by atoms with van der Waals surface area (Å²) in [6, 6.07) is 10.1. The molecule has 1 aromatic carbocycles. The maximum absolute atomic E-state index is 10.8. The van der Waals surface area contributed by atoms with Gasteiger partial charge in [-0.05, 0) is 30.2 Å². The number of amides is 1. The first-order valence-corrected chi connectivity index (χ1v) is 9.41. The Hall–Kier alpha value is -2.67. The van der Waals surface area contributed by atoms with E-state index in [0.717, 1.165) is 50.8 Å². The molecule has 27 heavy (non-hydrogen) atoms. The number of carbonyl (C=O) groups excluding carboxylic acids is 1. The molecule has 1 aliphatic heterocycles. The van der Waals surface area contributed by atoms with Gasteiger partial charge in [0, 0.05) is 58.6 Å². The van der Waals surface area contributed by atoms with E-state index >= 15 is 0 Å². The molecule has 1 saturated heterocycles. The van der Waals surface area contributed by atoms with Crippen LogP contribution in [-0.4, -0.2) is 60.1 Å². The zero-order valence-electron chi connectivity index (χ0n) is 15.8. The van der Waals surface area contributed by atoms with E-state index in [-0.39, 0.29) is 5.91 Å². The molecule has 0 aliphatic carbocycles. The van der Waals surface area contributed by atoms with Crippen LogP contribution in [0.2, 0.25) is 0 Å². The maximum Gasteiger partial charge on any atom is 0.225 e. The van der Waals surface area contributed by atoms with Crippen molar-refractivity contribution >= 4 is 11.9 Å². The van der Waals surface area contributed by atoms with Crippen molar-refractivity contribution in [2.75, 3.05) is 44.2 Å². The standard InChI is InChI=1S/C20H27N5O2/c1-17(26)21-10-3-15-27-19-6-4-18(5-7-19)16-24-11-13-25(14-12-24)20-22-8-2-9-23-20/h2,4-9H,3,10-16H2,1H3,(H,21,26). The molecule has 3 rings (SSSR count). The predicted molar refractivity (Wildman–Crippen MR) is 105 cm³/mol. The van der Waals surface area contributed by atoms with Crippen molar-refractivity contribution in [1.82, 2.24) is 20.2 Å². The normalized spacial score (nSPS) is 14.8. The fraction of sp³-hybridized carbons (Fsp3) is 0.450. The highest BCUT2D eigenvalue weighted by molar-refractivity contribution is 5.72. The van der Waals surface area contributed by atoms with Gasteiger partial charge in [-0.1, -0.05) is 12.1 Å². The highest BCUT2D eigenvalue weighted by Gasteiger charge is 2.18. The number of carbonyl (C=O) groups is 1. The number of hydrogen-bond donors (Lipinski definition) is 1. The minimum absolute atomic E-state index is 0.00326. The van der Waals surface area contributed by atoms with Crippen molar-refractivity contribution < 1.29 is 9.53 Å². The lowest BCUT2D eigenvalue weighted by molar-refractivity contribution is -0.118. The van der Waals surface area contributed by atoms with Crippen molar-refractivity contribution in [2.24, 2.45) is 0 Å². The molecule has 2 aromatic rings. The van der Waals surface area contributed by atoms with E-state index in [4.69, 9.17) is 4.74 Å². The smallest absolute Gasteiger partial charge is 0.225 e. The molecule has 0 radical (unpaired) electrons. The van der Waals surface area contributed by atoms with E-state index in [1.54, 1.807) is 12.4 Å². The number of ether oxygens (including phenoxy) is 1. The van der Waals surface area contributed by atoms with Crippen LogP contribution in [0, 0.1) is 0 Å². The minimum atomic E-state index is -0.00326. The molecule has 0 saturated carbocycles. The Morgan fingerprint density at radius 1 is 1.11 bits per heavy atom. The van der Waals surface area contributed by atoms with E-state index in [1.165, 1.54) is 12.5 Å². The third-order valence-corrected chi connectivity index (χ3v) is 4.50. The second kappa shape index (κ2) is 9.87. The highest BCUT2D eigenvalue weighted by atomic mass is 16.5. The second-order valence-electron chi connectivity index (χ2n) is 6.64. The predicted octanol–water partition coefficient (Wildman–Crippen LogP) is 1.70. The number of nitrogens with one attached hydrogen (secondary N) is 1. The second-order valence-corrected chi connectivity index (χ2v) is 6.64. The summed E-state index contributed by atoms with van der Waals surface area (Å²) >= 11 is 0. The van der Waals surface area contributed by atoms with Crippen LogP contribution in [0.1, 0.15) is 18.9 Å². The molecule has 0 atom stereocenters. The average Bonchev–Trinajstić information content (AvgIpc) is 2.70. The van der Waals surface area contributed by atoms with Crippen molar-refractivity contribution in [3.05, 3.63) is 48.3 Å². The van der Waals surface area contributed by atoms with Gasteiger partial charge in [0.2, 0.25) is 11.9 Å². The number of piperazine rings is 1. The molecule has 0 bridgehead atoms. The summed E-state index contributed by atoms with van der Waals surface area (Å²) in [6.07, 6.45) is 4.38. The summed E-state index contributed by atoms with van der Waals surface area (Å²) in [6.45, 7) is 7.59. The van der Waals surface area contributed by atoms with Gasteiger partial charge < -0.3 is 15.0 Å². The number of nitrogens with zero attached hydrogens (tertiary/aromatic N) is 4. The van der Waals surface area contributed by atoms with Crippen molar-refractivity contribution in [2.45, 2.75) is 19.9 Å². The molecule has 7 heteroatoms. The van der Waals surface area contributed by atoms with Crippen LogP contribution in [-0.2, 0) is 11.3 Å². The van der Waals surface area contributed by atoms with Crippen LogP contribution in [0.25, 0.3) is 0 Å². The molecule has 1 aromatic heterocycles. The Labute approximate surface area is 160 Å². The number of aromatic nitrogens is 2. The summed E-state index contributed by atoms with van der Waals surface area (Å²) in [5.41, 5.74) is 1.28. The molecule has 1 aliphatic rings. The molecule has 0 unspecified atom stereocenters. The summed E-state index contributed by atoms with van der Waals surface area (Å²) < 4.78 is 5.71. The lowest BCUT2D eigenvalue weighted by Gasteiger charge is -2.34. The third-order valence-electron chi connectivity index (χ3n) is 4.50. The van der Waals surface area contributed by atoms with Crippen molar-refractivity contribution in [3.63, 3.8) is 0 Å². The Morgan fingerprint density at radius 3 is 2.48 bits per heavy atom. The van der Waals surface area contributed by atoms with Gasteiger partial charge in [-0.15, -0.1) is 0 Å². The Morgan fingerprint density at radius 2 is 1.81 bits per heavy atom. The van der Waals surface area contributed by atoms with Crippen LogP contribution >= 0.6 is 0 Å². The van der Waals surface area contributed by atoms with Gasteiger partial charge in [-0.2, -0.15) is 0 Å². The summed E-state index contributed by atoms with van der Waals surface area (Å²) in [5.74, 6) is 1.68. The van der Waals surface area contributed by atoms with Crippen LogP contribution in [0.4, 0.5) is 5.95 Å². The number of hydrogen-bond acceptors (Lipinski definition) is 6. The zero-order chi connectivity index (χ0) is 18.9. The summed E-state index contributed by atoms with van der Waals surface area (Å²) in [7, 11) is 0. The van der Waals surface area contributed by atoms with E-state index < -0.39 is 0 Å². The number of benzene rings is 1. The molecule has 1 amide bonds. The molecule has 0 spiro atoms. The first kappa shape index (κ1) is 19.1. The van der Waals surface area contributed by atoms with Gasteiger partial charge in [0.1, 0.15) is 5.75 Å².